The molecule has 1 aromatic rings. The molecular weight excluding hydrogens is 269 g/mol. The maximum atomic E-state index is 11.3. The monoisotopic (exact) mass is 281 g/mol. The van der Waals surface area contributed by atoms with Gasteiger partial charge < -0.3 is 20.0 Å². The molecule has 0 fully saturated rings. The van der Waals surface area contributed by atoms with Crippen molar-refractivity contribution in [1.29, 1.82) is 0 Å². The number of hydrogen-bond donors (Lipinski definition) is 1. The van der Waals surface area contributed by atoms with Gasteiger partial charge in [-0.25, -0.2) is 4.79 Å². The van der Waals surface area contributed by atoms with Crippen molar-refractivity contribution in [2.45, 2.75) is 32.9 Å². The minimum absolute atomic E-state index is 0. The number of hydrogen-bond acceptors (Lipinski definition) is 7. The van der Waals surface area contributed by atoms with Gasteiger partial charge in [-0.15, -0.1) is 10.2 Å². The second-order valence-electron chi connectivity index (χ2n) is 4.14. The molecule has 94 valence electrons. The van der Waals surface area contributed by atoms with Crippen molar-refractivity contribution in [2.75, 3.05) is 0 Å². The molecular formula is C9H12N3NaO4S. The predicted molar refractivity (Wildman–Crippen MR) is 57.3 cm³/mol. The van der Waals surface area contributed by atoms with E-state index < -0.39 is 17.7 Å². The van der Waals surface area contributed by atoms with E-state index in [1.807, 2.05) is 0 Å². The van der Waals surface area contributed by atoms with E-state index >= 15 is 0 Å². The fraction of sp³-hybridized carbons (Fsp3) is 0.556. The van der Waals surface area contributed by atoms with E-state index in [-0.39, 0.29) is 41.1 Å². The number of nitrogens with zero attached hydrogens (tertiary/aromatic N) is 2. The minimum Gasteiger partial charge on any atom is -0.542 e. The van der Waals surface area contributed by atoms with Crippen LogP contribution in [0.3, 0.4) is 0 Å². The predicted octanol–water partition coefficient (Wildman–Crippen LogP) is -3.07. The van der Waals surface area contributed by atoms with E-state index in [0.29, 0.717) is 5.01 Å². The smallest absolute Gasteiger partial charge is 0.542 e. The van der Waals surface area contributed by atoms with Crippen molar-refractivity contribution >= 4 is 23.4 Å². The van der Waals surface area contributed by atoms with E-state index in [1.165, 1.54) is 0 Å². The molecule has 0 radical (unpaired) electrons. The van der Waals surface area contributed by atoms with Gasteiger partial charge in [-0.1, -0.05) is 11.3 Å². The zero-order valence-corrected chi connectivity index (χ0v) is 13.5. The minimum atomic E-state index is -1.38. The summed E-state index contributed by atoms with van der Waals surface area (Å²) in [5.74, 6) is -1.38. The number of carboxylic acids is 1. The van der Waals surface area contributed by atoms with Crippen LogP contribution in [0, 0.1) is 0 Å². The number of alkyl carbamates (subject to hydrolysis) is 1. The van der Waals surface area contributed by atoms with Gasteiger partial charge in [0.2, 0.25) is 0 Å². The average molecular weight is 281 g/mol. The maximum Gasteiger partial charge on any atom is 1.00 e. The van der Waals surface area contributed by atoms with Gasteiger partial charge in [-0.2, -0.15) is 0 Å². The molecule has 0 atom stereocenters. The summed E-state index contributed by atoms with van der Waals surface area (Å²) in [6.45, 7) is 5.29. The molecule has 0 saturated heterocycles. The molecule has 0 unspecified atom stereocenters. The van der Waals surface area contributed by atoms with E-state index in [0.717, 1.165) is 11.3 Å². The van der Waals surface area contributed by atoms with Crippen LogP contribution in [0.2, 0.25) is 0 Å². The van der Waals surface area contributed by atoms with Gasteiger partial charge >= 0.3 is 35.7 Å². The number of rotatable bonds is 3. The first-order valence-electron chi connectivity index (χ1n) is 4.78. The standard InChI is InChI=1S/C9H13N3O4S.Na/c1-9(2,3)16-8(15)10-4-5-11-12-6(17-5)7(13)14;/h4H2,1-3H3,(H,10,15)(H,13,14);/q;+1/p-1. The number of nitrogens with one attached hydrogen (secondary N) is 1. The molecule has 0 aliphatic carbocycles. The third-order valence-electron chi connectivity index (χ3n) is 1.42. The summed E-state index contributed by atoms with van der Waals surface area (Å²) >= 11 is 0.846. The zero-order valence-electron chi connectivity index (χ0n) is 10.6. The molecule has 18 heavy (non-hydrogen) atoms. The van der Waals surface area contributed by atoms with Crippen molar-refractivity contribution in [3.05, 3.63) is 10.0 Å². The first kappa shape index (κ1) is 17.3. The number of carbonyl (C=O) groups excluding carboxylic acids is 2. The van der Waals surface area contributed by atoms with Gasteiger partial charge in [-0.3, -0.25) is 0 Å². The summed E-state index contributed by atoms with van der Waals surface area (Å²) in [7, 11) is 0. The molecule has 9 heteroatoms. The summed E-state index contributed by atoms with van der Waals surface area (Å²) in [4.78, 5) is 21.7. The van der Waals surface area contributed by atoms with E-state index in [9.17, 15) is 14.7 Å². The van der Waals surface area contributed by atoms with E-state index in [1.54, 1.807) is 20.8 Å². The van der Waals surface area contributed by atoms with Gasteiger partial charge in [-0.05, 0) is 20.8 Å². The Morgan fingerprint density at radius 2 is 2.00 bits per heavy atom. The number of carbonyl (C=O) groups is 2. The van der Waals surface area contributed by atoms with Gasteiger partial charge in [0.05, 0.1) is 6.54 Å². The Labute approximate surface area is 130 Å². The van der Waals surface area contributed by atoms with Crippen molar-refractivity contribution in [2.24, 2.45) is 0 Å². The molecule has 7 nitrogen and oxygen atoms in total. The fourth-order valence-corrected chi connectivity index (χ4v) is 1.48. The van der Waals surface area contributed by atoms with Gasteiger partial charge in [0.15, 0.2) is 5.01 Å². The van der Waals surface area contributed by atoms with Crippen molar-refractivity contribution in [3.63, 3.8) is 0 Å². The molecule has 0 bridgehead atoms. The third-order valence-corrected chi connectivity index (χ3v) is 2.33. The number of amides is 1. The van der Waals surface area contributed by atoms with Crippen LogP contribution in [0.1, 0.15) is 35.6 Å². The molecule has 0 aliphatic heterocycles. The Morgan fingerprint density at radius 1 is 1.39 bits per heavy atom. The van der Waals surface area contributed by atoms with Crippen molar-refractivity contribution in [1.82, 2.24) is 15.5 Å². The molecule has 0 saturated carbocycles. The van der Waals surface area contributed by atoms with Gasteiger partial charge in [0, 0.05) is 0 Å². The first-order chi connectivity index (χ1) is 7.78. The Balaban J connectivity index is 0.00000289. The summed E-state index contributed by atoms with van der Waals surface area (Å²) < 4.78 is 4.99. The summed E-state index contributed by atoms with van der Waals surface area (Å²) in [5, 5.41) is 20.0. The Morgan fingerprint density at radius 3 is 2.44 bits per heavy atom. The SMILES string of the molecule is CC(C)(C)OC(=O)NCc1nnc(C(=O)[O-])s1.[Na+]. The maximum absolute atomic E-state index is 11.3. The van der Waals surface area contributed by atoms with Crippen molar-refractivity contribution < 1.29 is 49.0 Å². The Bertz CT molecular complexity index is 430. The van der Waals surface area contributed by atoms with Gasteiger partial charge in [0.1, 0.15) is 16.6 Å². The molecule has 1 rings (SSSR count). The van der Waals surface area contributed by atoms with Crippen LogP contribution in [-0.4, -0.2) is 27.9 Å². The fourth-order valence-electron chi connectivity index (χ4n) is 0.869. The molecule has 0 aliphatic rings. The van der Waals surface area contributed by atoms with Crippen LogP contribution in [0.25, 0.3) is 0 Å². The topological polar surface area (TPSA) is 104 Å². The average Bonchev–Trinajstić information content (AvgIpc) is 2.60. The second kappa shape index (κ2) is 7.03. The van der Waals surface area contributed by atoms with E-state index in [4.69, 9.17) is 4.74 Å². The number of aromatic nitrogens is 2. The molecule has 1 N–H and O–H groups in total. The molecule has 1 amide bonds. The summed E-state index contributed by atoms with van der Waals surface area (Å²) in [6, 6.07) is 0. The largest absolute Gasteiger partial charge is 1.00 e. The van der Waals surface area contributed by atoms with Crippen LogP contribution in [-0.2, 0) is 11.3 Å². The summed E-state index contributed by atoms with van der Waals surface area (Å²) in [6.07, 6.45) is -0.595. The quantitative estimate of drug-likeness (QED) is 0.590. The van der Waals surface area contributed by atoms with Crippen LogP contribution in [0.5, 0.6) is 0 Å². The summed E-state index contributed by atoms with van der Waals surface area (Å²) in [5.41, 5.74) is -0.582. The molecule has 1 aromatic heterocycles. The Hall–Kier alpha value is -0.700. The Kier molecular flexibility index (Phi) is 6.76. The molecule has 1 heterocycles. The molecule has 0 aromatic carbocycles. The van der Waals surface area contributed by atoms with Crippen molar-refractivity contribution in [3.8, 4) is 0 Å². The zero-order chi connectivity index (χ0) is 13.1. The van der Waals surface area contributed by atoms with Crippen LogP contribution in [0.4, 0.5) is 4.79 Å². The van der Waals surface area contributed by atoms with Crippen LogP contribution >= 0.6 is 11.3 Å². The van der Waals surface area contributed by atoms with Crippen LogP contribution in [0.15, 0.2) is 0 Å². The third kappa shape index (κ3) is 6.29. The first-order valence-corrected chi connectivity index (χ1v) is 5.60. The molecule has 0 spiro atoms. The van der Waals surface area contributed by atoms with E-state index in [2.05, 4.69) is 15.5 Å². The van der Waals surface area contributed by atoms with Gasteiger partial charge in [0.25, 0.3) is 0 Å². The normalized spacial score (nSPS) is 10.4. The van der Waals surface area contributed by atoms with Crippen LogP contribution < -0.4 is 40.0 Å². The number of ether oxygens (including phenoxy) is 1. The number of aromatic carboxylic acids is 1. The second-order valence-corrected chi connectivity index (χ2v) is 5.21. The number of carboxylic acid groups (broad SMARTS) is 1.